The number of benzene rings is 1. The highest BCUT2D eigenvalue weighted by Crippen LogP contribution is 2.42. The highest BCUT2D eigenvalue weighted by atomic mass is 16.3. The van der Waals surface area contributed by atoms with E-state index in [1.54, 1.807) is 50.4 Å². The molecule has 0 saturated carbocycles. The topological polar surface area (TPSA) is 59.3 Å². The van der Waals surface area contributed by atoms with Gasteiger partial charge in [-0.15, -0.1) is 0 Å². The van der Waals surface area contributed by atoms with Gasteiger partial charge in [0.05, 0.1) is 17.6 Å². The van der Waals surface area contributed by atoms with Gasteiger partial charge >= 0.3 is 0 Å². The van der Waals surface area contributed by atoms with Crippen molar-refractivity contribution in [2.45, 2.75) is 26.0 Å². The third-order valence-corrected chi connectivity index (χ3v) is 4.30. The standard InChI is InChI=1S/C17H17NO3/c1-17(2)15(20)12-8-4-3-7-11(12)14(16(17)21)18-10-6-5-9-13(18)19/h3-10,14,16,21H,1-2H3/t14-,16+/m1/s1. The average Bonchev–Trinajstić information content (AvgIpc) is 2.48. The van der Waals surface area contributed by atoms with Crippen LogP contribution in [0, 0.1) is 5.41 Å². The molecule has 4 heteroatoms. The molecule has 1 heterocycles. The molecule has 0 bridgehead atoms. The molecule has 2 atom stereocenters. The lowest BCUT2D eigenvalue weighted by Crippen LogP contribution is -2.49. The van der Waals surface area contributed by atoms with Crippen molar-refractivity contribution in [1.29, 1.82) is 0 Å². The molecule has 1 aromatic heterocycles. The molecule has 4 nitrogen and oxygen atoms in total. The molecule has 2 aromatic rings. The number of hydrogen-bond donors (Lipinski definition) is 1. The number of nitrogens with zero attached hydrogens (tertiary/aromatic N) is 1. The van der Waals surface area contributed by atoms with Crippen molar-refractivity contribution in [3.63, 3.8) is 0 Å². The van der Waals surface area contributed by atoms with E-state index < -0.39 is 17.6 Å². The lowest BCUT2D eigenvalue weighted by atomic mass is 9.68. The summed E-state index contributed by atoms with van der Waals surface area (Å²) in [7, 11) is 0. The van der Waals surface area contributed by atoms with Crippen molar-refractivity contribution in [1.82, 2.24) is 4.57 Å². The monoisotopic (exact) mass is 283 g/mol. The van der Waals surface area contributed by atoms with E-state index in [-0.39, 0.29) is 11.3 Å². The Hall–Kier alpha value is -2.20. The van der Waals surface area contributed by atoms with E-state index >= 15 is 0 Å². The predicted octanol–water partition coefficient (Wildman–Crippen LogP) is 2.02. The first-order valence-corrected chi connectivity index (χ1v) is 6.93. The zero-order valence-corrected chi connectivity index (χ0v) is 12.0. The number of rotatable bonds is 1. The molecule has 3 rings (SSSR count). The van der Waals surface area contributed by atoms with Crippen LogP contribution in [0.25, 0.3) is 0 Å². The first-order valence-electron chi connectivity index (χ1n) is 6.93. The fraction of sp³-hybridized carbons (Fsp3) is 0.294. The smallest absolute Gasteiger partial charge is 0.251 e. The molecule has 0 saturated heterocycles. The molecular weight excluding hydrogens is 266 g/mol. The van der Waals surface area contributed by atoms with Crippen molar-refractivity contribution in [3.05, 3.63) is 70.1 Å². The van der Waals surface area contributed by atoms with Gasteiger partial charge in [0, 0.05) is 17.8 Å². The molecule has 0 spiro atoms. The van der Waals surface area contributed by atoms with Gasteiger partial charge in [0.25, 0.3) is 5.56 Å². The summed E-state index contributed by atoms with van der Waals surface area (Å²) < 4.78 is 1.50. The van der Waals surface area contributed by atoms with Gasteiger partial charge < -0.3 is 9.67 Å². The van der Waals surface area contributed by atoms with E-state index in [0.717, 1.165) is 0 Å². The predicted molar refractivity (Wildman–Crippen MR) is 79.4 cm³/mol. The summed E-state index contributed by atoms with van der Waals surface area (Å²) in [5.74, 6) is -0.0918. The number of aliphatic hydroxyl groups excluding tert-OH is 1. The quantitative estimate of drug-likeness (QED) is 0.871. The zero-order chi connectivity index (χ0) is 15.2. The number of carbonyl (C=O) groups excluding carboxylic acids is 1. The third kappa shape index (κ3) is 1.94. The number of pyridine rings is 1. The second-order valence-electron chi connectivity index (χ2n) is 5.97. The Morgan fingerprint density at radius 3 is 2.43 bits per heavy atom. The van der Waals surface area contributed by atoms with Crippen LogP contribution in [0.15, 0.2) is 53.5 Å². The highest BCUT2D eigenvalue weighted by molar-refractivity contribution is 6.03. The average molecular weight is 283 g/mol. The van der Waals surface area contributed by atoms with Crippen molar-refractivity contribution in [2.24, 2.45) is 5.41 Å². The number of aliphatic hydroxyl groups is 1. The summed E-state index contributed by atoms with van der Waals surface area (Å²) in [4.78, 5) is 24.7. The SMILES string of the molecule is CC1(C)C(=O)c2ccccc2[C@@H](n2ccccc2=O)[C@@H]1O. The van der Waals surface area contributed by atoms with E-state index in [0.29, 0.717) is 11.1 Å². The zero-order valence-electron chi connectivity index (χ0n) is 12.0. The molecule has 0 amide bonds. The molecular formula is C17H17NO3. The summed E-state index contributed by atoms with van der Waals surface area (Å²) in [6.07, 6.45) is 0.693. The Balaban J connectivity index is 2.29. The fourth-order valence-corrected chi connectivity index (χ4v) is 2.98. The molecule has 1 aromatic carbocycles. The maximum absolute atomic E-state index is 12.6. The molecule has 1 N–H and O–H groups in total. The molecule has 1 aliphatic carbocycles. The van der Waals surface area contributed by atoms with Gasteiger partial charge in [-0.2, -0.15) is 0 Å². The second-order valence-corrected chi connectivity index (χ2v) is 5.97. The summed E-state index contributed by atoms with van der Waals surface area (Å²) in [5, 5.41) is 10.7. The molecule has 0 fully saturated rings. The van der Waals surface area contributed by atoms with E-state index in [1.165, 1.54) is 10.6 Å². The number of aromatic nitrogens is 1. The number of hydrogen-bond acceptors (Lipinski definition) is 3. The number of Topliss-reactive ketones (excluding diaryl/α,β-unsaturated/α-hetero) is 1. The number of fused-ring (bicyclic) bond motifs is 1. The molecule has 1 aliphatic rings. The van der Waals surface area contributed by atoms with Crippen LogP contribution in [0.1, 0.15) is 35.8 Å². The Labute approximate surface area is 122 Å². The number of ketones is 1. The summed E-state index contributed by atoms with van der Waals surface area (Å²) in [6, 6.07) is 11.5. The summed E-state index contributed by atoms with van der Waals surface area (Å²) in [6.45, 7) is 3.44. The number of carbonyl (C=O) groups is 1. The minimum absolute atomic E-state index is 0.0918. The van der Waals surface area contributed by atoms with Crippen LogP contribution < -0.4 is 5.56 Å². The maximum atomic E-state index is 12.6. The van der Waals surface area contributed by atoms with E-state index in [2.05, 4.69) is 0 Å². The van der Waals surface area contributed by atoms with Crippen LogP contribution in [0.4, 0.5) is 0 Å². The van der Waals surface area contributed by atoms with Gasteiger partial charge in [0.2, 0.25) is 0 Å². The Morgan fingerprint density at radius 2 is 1.71 bits per heavy atom. The Bertz CT molecular complexity index is 760. The van der Waals surface area contributed by atoms with Crippen LogP contribution in [0.2, 0.25) is 0 Å². The second kappa shape index (κ2) is 4.67. The lowest BCUT2D eigenvalue weighted by Gasteiger charge is -2.41. The Kier molecular flexibility index (Phi) is 3.06. The van der Waals surface area contributed by atoms with Crippen LogP contribution in [0.5, 0.6) is 0 Å². The van der Waals surface area contributed by atoms with Crippen LogP contribution in [0.3, 0.4) is 0 Å². The Morgan fingerprint density at radius 1 is 1.05 bits per heavy atom. The summed E-state index contributed by atoms with van der Waals surface area (Å²) in [5.41, 5.74) is 0.145. The van der Waals surface area contributed by atoms with Crippen molar-refractivity contribution in [3.8, 4) is 0 Å². The normalized spacial score (nSPS) is 23.7. The van der Waals surface area contributed by atoms with Crippen molar-refractivity contribution >= 4 is 5.78 Å². The van der Waals surface area contributed by atoms with Gasteiger partial charge in [0.1, 0.15) is 0 Å². The van der Waals surface area contributed by atoms with Crippen molar-refractivity contribution < 1.29 is 9.90 Å². The molecule has 0 unspecified atom stereocenters. The minimum Gasteiger partial charge on any atom is -0.390 e. The van der Waals surface area contributed by atoms with E-state index in [1.807, 2.05) is 6.07 Å². The van der Waals surface area contributed by atoms with Crippen LogP contribution >= 0.6 is 0 Å². The van der Waals surface area contributed by atoms with Gasteiger partial charge in [-0.3, -0.25) is 9.59 Å². The van der Waals surface area contributed by atoms with E-state index in [9.17, 15) is 14.7 Å². The molecule has 21 heavy (non-hydrogen) atoms. The first-order chi connectivity index (χ1) is 9.94. The molecule has 0 aliphatic heterocycles. The molecule has 108 valence electrons. The van der Waals surface area contributed by atoms with Crippen molar-refractivity contribution in [2.75, 3.05) is 0 Å². The van der Waals surface area contributed by atoms with Crippen LogP contribution in [-0.4, -0.2) is 21.6 Å². The third-order valence-electron chi connectivity index (χ3n) is 4.30. The maximum Gasteiger partial charge on any atom is 0.251 e. The fourth-order valence-electron chi connectivity index (χ4n) is 2.98. The first kappa shape index (κ1) is 13.8. The van der Waals surface area contributed by atoms with Gasteiger partial charge in [-0.25, -0.2) is 0 Å². The van der Waals surface area contributed by atoms with E-state index in [4.69, 9.17) is 0 Å². The minimum atomic E-state index is -0.958. The van der Waals surface area contributed by atoms with Gasteiger partial charge in [-0.05, 0) is 25.5 Å². The molecule has 0 radical (unpaired) electrons. The lowest BCUT2D eigenvalue weighted by molar-refractivity contribution is 0.0134. The van der Waals surface area contributed by atoms with Gasteiger partial charge in [-0.1, -0.05) is 30.3 Å². The largest absolute Gasteiger partial charge is 0.390 e. The summed E-state index contributed by atoms with van der Waals surface area (Å²) >= 11 is 0. The van der Waals surface area contributed by atoms with Crippen LogP contribution in [-0.2, 0) is 0 Å². The van der Waals surface area contributed by atoms with Gasteiger partial charge in [0.15, 0.2) is 5.78 Å². The highest BCUT2D eigenvalue weighted by Gasteiger charge is 2.47.